The number of hydrogen-bond donors (Lipinski definition) is 9. The second-order valence-corrected chi connectivity index (χ2v) is 13.3. The van der Waals surface area contributed by atoms with Crippen molar-refractivity contribution in [2.24, 2.45) is 5.92 Å². The molecule has 2 heterocycles. The van der Waals surface area contributed by atoms with Gasteiger partial charge in [0.05, 0.1) is 11.4 Å². The zero-order valence-electron chi connectivity index (χ0n) is 28.6. The molecule has 4 aromatic carbocycles. The molecule has 53 heavy (non-hydrogen) atoms. The van der Waals surface area contributed by atoms with Gasteiger partial charge in [0.1, 0.15) is 22.5 Å². The molecule has 1 aliphatic heterocycles. The van der Waals surface area contributed by atoms with Gasteiger partial charge in [-0.3, -0.25) is 4.79 Å². The van der Waals surface area contributed by atoms with Gasteiger partial charge in [0.15, 0.2) is 29.5 Å². The van der Waals surface area contributed by atoms with Crippen molar-refractivity contribution in [3.63, 3.8) is 0 Å². The number of carbonyl (C=O) groups is 2. The van der Waals surface area contributed by atoms with Crippen molar-refractivity contribution in [1.82, 2.24) is 4.90 Å². The SMILES string of the molecule is CC(CN(C)C)CN1c2ccccc2Sc2ccccc21.O=C(O)C(O)C(O)C(=O)O.O=c1c(O)c(-c2ccc(O)c(O)c2)oc2cc(O)cc(O)c12. The van der Waals surface area contributed by atoms with E-state index < -0.39 is 46.8 Å². The number of rotatable bonds is 8. The summed E-state index contributed by atoms with van der Waals surface area (Å²) in [5.74, 6) is -5.64. The third-order valence-corrected chi connectivity index (χ3v) is 8.81. The van der Waals surface area contributed by atoms with E-state index in [2.05, 4.69) is 79.3 Å². The van der Waals surface area contributed by atoms with E-state index in [0.717, 1.165) is 37.4 Å². The van der Waals surface area contributed by atoms with Crippen LogP contribution in [0.15, 0.2) is 97.9 Å². The van der Waals surface area contributed by atoms with Crippen LogP contribution in [0.1, 0.15) is 6.92 Å². The number of carboxylic acid groups (broad SMARTS) is 2. The van der Waals surface area contributed by atoms with Crippen LogP contribution in [-0.2, 0) is 9.59 Å². The summed E-state index contributed by atoms with van der Waals surface area (Å²) in [5.41, 5.74) is 1.79. The average Bonchev–Trinajstić information content (AvgIpc) is 3.10. The number of benzene rings is 4. The number of fused-ring (bicyclic) bond motifs is 3. The van der Waals surface area contributed by atoms with E-state index in [4.69, 9.17) is 24.8 Å². The van der Waals surface area contributed by atoms with Crippen molar-refractivity contribution < 1.29 is 60.0 Å². The van der Waals surface area contributed by atoms with E-state index in [0.29, 0.717) is 5.92 Å². The number of phenols is 4. The standard InChI is InChI=1S/C18H22N2S.C15H10O7.C4H6O6/c1-14(12-19(2)3)13-20-15-8-4-6-10-17(15)21-18-11-7-5-9-16(18)20;16-7-4-10(19)12-11(5-7)22-15(14(21)13(12)20)6-1-2-8(17)9(18)3-6;5-1(3(7)8)2(6)4(9)10/h4-11,14H,12-13H2,1-3H3;1-5,16-19,21H;1-2,5-6H,(H,7,8)(H,9,10). The van der Waals surface area contributed by atoms with Crippen molar-refractivity contribution in [3.05, 3.63) is 89.1 Å². The molecule has 0 amide bonds. The Morgan fingerprint density at radius 2 is 1.32 bits per heavy atom. The molecular weight excluding hydrogens is 712 g/mol. The molecule has 15 nitrogen and oxygen atoms in total. The number of hydrogen-bond acceptors (Lipinski definition) is 14. The first-order valence-corrected chi connectivity index (χ1v) is 16.7. The highest BCUT2D eigenvalue weighted by Crippen LogP contribution is 2.48. The Bertz CT molecular complexity index is 2110. The molecule has 3 unspecified atom stereocenters. The Morgan fingerprint density at radius 1 is 0.774 bits per heavy atom. The minimum atomic E-state index is -2.27. The molecule has 5 aromatic rings. The van der Waals surface area contributed by atoms with E-state index in [1.54, 1.807) is 0 Å². The van der Waals surface area contributed by atoms with Crippen molar-refractivity contribution >= 4 is 46.0 Å². The van der Waals surface area contributed by atoms with Crippen LogP contribution in [0.5, 0.6) is 28.7 Å². The number of nitrogens with zero attached hydrogens (tertiary/aromatic N) is 2. The van der Waals surface area contributed by atoms with Crippen molar-refractivity contribution in [3.8, 4) is 40.1 Å². The van der Waals surface area contributed by atoms with Crippen LogP contribution in [0.2, 0.25) is 0 Å². The number of phenolic OH excluding ortho intramolecular Hbond substituents is 4. The van der Waals surface area contributed by atoms with Gasteiger partial charge in [-0.2, -0.15) is 0 Å². The molecule has 0 saturated carbocycles. The van der Waals surface area contributed by atoms with Gasteiger partial charge in [-0.1, -0.05) is 43.0 Å². The highest BCUT2D eigenvalue weighted by Gasteiger charge is 2.29. The van der Waals surface area contributed by atoms with Gasteiger partial charge >= 0.3 is 11.9 Å². The fourth-order valence-electron chi connectivity index (χ4n) is 5.38. The van der Waals surface area contributed by atoms with Crippen LogP contribution in [0.3, 0.4) is 0 Å². The number of aliphatic carboxylic acids is 2. The molecule has 9 N–H and O–H groups in total. The Balaban J connectivity index is 0.000000191. The minimum absolute atomic E-state index is 0.134. The topological polar surface area (TPSA) is 253 Å². The fourth-order valence-corrected chi connectivity index (χ4v) is 6.47. The van der Waals surface area contributed by atoms with Crippen LogP contribution < -0.4 is 10.3 Å². The molecular formula is C37H38N2O13S. The molecule has 0 spiro atoms. The van der Waals surface area contributed by atoms with Gasteiger partial charge in [-0.05, 0) is 62.5 Å². The number of aromatic hydroxyl groups is 5. The first-order chi connectivity index (χ1) is 25.0. The molecule has 0 radical (unpaired) electrons. The number of aliphatic hydroxyl groups excluding tert-OH is 2. The third-order valence-electron chi connectivity index (χ3n) is 7.68. The molecule has 1 aliphatic rings. The molecule has 6 rings (SSSR count). The molecule has 0 bridgehead atoms. The van der Waals surface area contributed by atoms with Crippen molar-refractivity contribution in [2.75, 3.05) is 32.1 Å². The van der Waals surface area contributed by atoms with E-state index in [-0.39, 0.29) is 33.8 Å². The summed E-state index contributed by atoms with van der Waals surface area (Å²) in [7, 11) is 4.29. The van der Waals surface area contributed by atoms with Gasteiger partial charge in [0.2, 0.25) is 11.2 Å². The highest BCUT2D eigenvalue weighted by atomic mass is 32.2. The summed E-state index contributed by atoms with van der Waals surface area (Å²) in [6.45, 7) is 4.48. The monoisotopic (exact) mass is 750 g/mol. The smallest absolute Gasteiger partial charge is 0.335 e. The maximum absolute atomic E-state index is 12.1. The second kappa shape index (κ2) is 17.1. The molecule has 1 aromatic heterocycles. The maximum atomic E-state index is 12.1. The summed E-state index contributed by atoms with van der Waals surface area (Å²) in [6, 6.07) is 23.1. The fraction of sp³-hybridized carbons (Fsp3) is 0.216. The Kier molecular flexibility index (Phi) is 12.8. The van der Waals surface area contributed by atoms with Crippen LogP contribution >= 0.6 is 11.8 Å². The van der Waals surface area contributed by atoms with E-state index >= 15 is 0 Å². The van der Waals surface area contributed by atoms with Gasteiger partial charge in [-0.25, -0.2) is 9.59 Å². The number of carboxylic acids is 2. The number of anilines is 2. The lowest BCUT2D eigenvalue weighted by atomic mass is 10.1. The molecule has 3 atom stereocenters. The van der Waals surface area contributed by atoms with E-state index in [1.807, 2.05) is 11.8 Å². The van der Waals surface area contributed by atoms with Gasteiger partial charge < -0.3 is 60.2 Å². The third kappa shape index (κ3) is 9.49. The summed E-state index contributed by atoms with van der Waals surface area (Å²) in [6.07, 6.45) is -4.53. The first-order valence-electron chi connectivity index (χ1n) is 15.8. The predicted octanol–water partition coefficient (Wildman–Crippen LogP) is 4.35. The second-order valence-electron chi connectivity index (χ2n) is 12.2. The molecule has 280 valence electrons. The lowest BCUT2D eigenvalue weighted by molar-refractivity contribution is -0.165. The van der Waals surface area contributed by atoms with Gasteiger partial charge in [-0.15, -0.1) is 0 Å². The highest BCUT2D eigenvalue weighted by molar-refractivity contribution is 7.99. The largest absolute Gasteiger partial charge is 0.508 e. The Hall–Kier alpha value is -5.94. The lowest BCUT2D eigenvalue weighted by Gasteiger charge is -2.35. The quantitative estimate of drug-likeness (QED) is 0.1000. The zero-order valence-corrected chi connectivity index (χ0v) is 29.4. The predicted molar refractivity (Wildman–Crippen MR) is 195 cm³/mol. The number of aliphatic hydroxyl groups is 2. The van der Waals surface area contributed by atoms with Crippen LogP contribution in [0, 0.1) is 5.92 Å². The average molecular weight is 751 g/mol. The normalized spacial score (nSPS) is 13.4. The Labute approximate surface area is 306 Å². The Morgan fingerprint density at radius 3 is 1.83 bits per heavy atom. The lowest BCUT2D eigenvalue weighted by Crippen LogP contribution is -2.39. The van der Waals surface area contributed by atoms with E-state index in [1.165, 1.54) is 27.2 Å². The van der Waals surface area contributed by atoms with Gasteiger partial charge in [0, 0.05) is 40.6 Å². The van der Waals surface area contributed by atoms with Crippen molar-refractivity contribution in [1.29, 1.82) is 0 Å². The van der Waals surface area contributed by atoms with Gasteiger partial charge in [0.25, 0.3) is 0 Å². The van der Waals surface area contributed by atoms with E-state index in [9.17, 15) is 39.9 Å². The van der Waals surface area contributed by atoms with Crippen molar-refractivity contribution in [2.45, 2.75) is 28.9 Å². The van der Waals surface area contributed by atoms with Crippen LogP contribution in [-0.4, -0.2) is 102 Å². The van der Waals surface area contributed by atoms with Crippen LogP contribution in [0.4, 0.5) is 11.4 Å². The zero-order chi connectivity index (χ0) is 39.1. The number of para-hydroxylation sites is 2. The molecule has 0 saturated heterocycles. The summed E-state index contributed by atoms with van der Waals surface area (Å²) in [4.78, 5) is 39.1. The molecule has 16 heteroatoms. The minimum Gasteiger partial charge on any atom is -0.508 e. The van der Waals surface area contributed by atoms with Crippen LogP contribution in [0.25, 0.3) is 22.3 Å². The maximum Gasteiger partial charge on any atom is 0.335 e. The summed E-state index contributed by atoms with van der Waals surface area (Å²) in [5, 5.41) is 80.2. The summed E-state index contributed by atoms with van der Waals surface area (Å²) < 4.78 is 5.35. The first kappa shape index (κ1) is 39.8. The molecule has 0 aliphatic carbocycles. The molecule has 0 fully saturated rings. The summed E-state index contributed by atoms with van der Waals surface area (Å²) >= 11 is 1.88.